The molecular weight excluding hydrogens is 562 g/mol. The number of fused-ring (bicyclic) bond motifs is 6. The fourth-order valence-corrected chi connectivity index (χ4v) is 5.75. The predicted molar refractivity (Wildman–Crippen MR) is 169 cm³/mol. The summed E-state index contributed by atoms with van der Waals surface area (Å²) in [5.74, 6) is -2.86. The molecule has 7 rings (SSSR count). The topological polar surface area (TPSA) is 9.72 Å². The highest BCUT2D eigenvalue weighted by Crippen LogP contribution is 2.46. The quantitative estimate of drug-likeness (QED) is 0.190. The van der Waals surface area contributed by atoms with Gasteiger partial charge in [-0.15, -0.1) is 0 Å². The van der Waals surface area contributed by atoms with Crippen LogP contribution in [0.5, 0.6) is 0 Å². The lowest BCUT2D eigenvalue weighted by molar-refractivity contribution is 0.583. The largest absolute Gasteiger partial charge is 0.310 e. The van der Waals surface area contributed by atoms with E-state index < -0.39 is 23.3 Å². The van der Waals surface area contributed by atoms with Crippen LogP contribution in [0.15, 0.2) is 133 Å². The van der Waals surface area contributed by atoms with Crippen molar-refractivity contribution in [3.8, 4) is 0 Å². The monoisotopic (exact) mass is 587 g/mol. The maximum Gasteiger partial charge on any atom is 0.150 e. The molecule has 1 aliphatic heterocycles. The van der Waals surface area contributed by atoms with E-state index in [9.17, 15) is 8.78 Å². The number of benzene rings is 6. The van der Waals surface area contributed by atoms with Crippen molar-refractivity contribution >= 4 is 51.2 Å². The Kier molecular flexibility index (Phi) is 6.78. The van der Waals surface area contributed by atoms with E-state index in [-0.39, 0.29) is 11.4 Å². The summed E-state index contributed by atoms with van der Waals surface area (Å²) in [6, 6.07) is 37.6. The third-order valence-corrected chi connectivity index (χ3v) is 7.57. The van der Waals surface area contributed by atoms with Crippen molar-refractivity contribution in [2.75, 3.05) is 14.7 Å². The minimum absolute atomic E-state index is 0.140. The van der Waals surface area contributed by atoms with Gasteiger partial charge in [-0.1, -0.05) is 30.3 Å². The first-order chi connectivity index (χ1) is 21.4. The van der Waals surface area contributed by atoms with Crippen LogP contribution in [0.1, 0.15) is 5.56 Å². The van der Waals surface area contributed by atoms with E-state index in [1.54, 1.807) is 9.80 Å². The minimum Gasteiger partial charge on any atom is -0.310 e. The Morgan fingerprint density at radius 2 is 0.773 bits per heavy atom. The molecule has 1 aliphatic rings. The molecule has 0 fully saturated rings. The van der Waals surface area contributed by atoms with Crippen LogP contribution in [-0.4, -0.2) is 0 Å². The van der Waals surface area contributed by atoms with Gasteiger partial charge in [0.15, 0.2) is 0 Å². The molecule has 3 nitrogen and oxygen atoms in total. The Hall–Kier alpha value is -5.56. The second-order valence-corrected chi connectivity index (χ2v) is 10.6. The van der Waals surface area contributed by atoms with E-state index in [1.807, 2.05) is 109 Å². The van der Waals surface area contributed by atoms with E-state index in [0.29, 0.717) is 22.7 Å². The Balaban J connectivity index is 1.58. The molecule has 0 saturated heterocycles. The first-order valence-electron chi connectivity index (χ1n) is 14.0. The molecule has 0 radical (unpaired) electrons. The van der Waals surface area contributed by atoms with Gasteiger partial charge in [0.25, 0.3) is 0 Å². The van der Waals surface area contributed by atoms with Crippen molar-refractivity contribution < 1.29 is 17.6 Å². The first kappa shape index (κ1) is 27.3. The van der Waals surface area contributed by atoms with E-state index in [1.165, 1.54) is 24.3 Å². The molecule has 6 aromatic rings. The molecule has 6 bridgehead atoms. The zero-order chi connectivity index (χ0) is 30.4. The maximum absolute atomic E-state index is 15.6. The fourth-order valence-electron chi connectivity index (χ4n) is 5.75. The number of hydrogen-bond acceptors (Lipinski definition) is 3. The lowest BCUT2D eigenvalue weighted by Crippen LogP contribution is -2.18. The molecule has 7 heteroatoms. The Morgan fingerprint density at radius 1 is 0.364 bits per heavy atom. The van der Waals surface area contributed by atoms with Crippen LogP contribution in [0.25, 0.3) is 0 Å². The lowest BCUT2D eigenvalue weighted by atomic mass is 10.1. The van der Waals surface area contributed by atoms with Crippen LogP contribution >= 0.6 is 0 Å². The van der Waals surface area contributed by atoms with Gasteiger partial charge < -0.3 is 14.7 Å². The zero-order valence-electron chi connectivity index (χ0n) is 23.6. The van der Waals surface area contributed by atoms with E-state index in [0.717, 1.165) is 34.8 Å². The van der Waals surface area contributed by atoms with Crippen molar-refractivity contribution in [3.05, 3.63) is 162 Å². The van der Waals surface area contributed by atoms with Crippen molar-refractivity contribution in [1.82, 2.24) is 0 Å². The Morgan fingerprint density at radius 3 is 1.23 bits per heavy atom. The van der Waals surface area contributed by atoms with Crippen LogP contribution in [0.3, 0.4) is 0 Å². The molecule has 0 atom stereocenters. The number of hydrogen-bond donors (Lipinski definition) is 0. The summed E-state index contributed by atoms with van der Waals surface area (Å²) < 4.78 is 59.3. The number of para-hydroxylation sites is 1. The molecule has 0 unspecified atom stereocenters. The van der Waals surface area contributed by atoms with Gasteiger partial charge in [0.1, 0.15) is 23.3 Å². The molecular formula is C37H25F4N3. The van der Waals surface area contributed by atoms with Crippen LogP contribution in [0, 0.1) is 30.2 Å². The molecule has 1 heterocycles. The Bertz CT molecular complexity index is 1890. The second kappa shape index (κ2) is 10.9. The van der Waals surface area contributed by atoms with Gasteiger partial charge in [-0.05, 0) is 103 Å². The van der Waals surface area contributed by atoms with Gasteiger partial charge >= 0.3 is 0 Å². The van der Waals surface area contributed by atoms with Crippen LogP contribution in [0.4, 0.5) is 68.7 Å². The molecule has 6 aromatic carbocycles. The van der Waals surface area contributed by atoms with Crippen LogP contribution in [0.2, 0.25) is 0 Å². The summed E-state index contributed by atoms with van der Waals surface area (Å²) in [7, 11) is 0. The minimum atomic E-state index is -0.739. The van der Waals surface area contributed by atoms with Crippen molar-refractivity contribution in [2.45, 2.75) is 6.92 Å². The number of halogens is 4. The molecule has 0 N–H and O–H groups in total. The molecule has 0 spiro atoms. The van der Waals surface area contributed by atoms with Crippen LogP contribution < -0.4 is 14.7 Å². The smallest absolute Gasteiger partial charge is 0.150 e. The van der Waals surface area contributed by atoms with Crippen molar-refractivity contribution in [2.24, 2.45) is 0 Å². The standard InChI is InChI=1S/C37H25F4N3/c1-24-17-32-23-33(18-24)44(37-16-14-26(39)20-35(37)41)31-12-6-10-29(22-31)42(27-7-3-2-4-8-27)28-9-5-11-30(21-28)43(32)36-15-13-25(38)19-34(36)40/h2-23H,1H3. The summed E-state index contributed by atoms with van der Waals surface area (Å²) in [6.07, 6.45) is 0. The van der Waals surface area contributed by atoms with Crippen LogP contribution in [-0.2, 0) is 0 Å². The van der Waals surface area contributed by atoms with Gasteiger partial charge in [0.05, 0.1) is 11.4 Å². The second-order valence-electron chi connectivity index (χ2n) is 10.6. The van der Waals surface area contributed by atoms with Gasteiger partial charge in [-0.2, -0.15) is 0 Å². The molecule has 216 valence electrons. The SMILES string of the molecule is Cc1cc2cc(c1)N(c1ccc(F)cc1F)c1cccc(c1)N(c1ccccc1)c1cccc(c1)N2c1ccc(F)cc1F. The fraction of sp³-hybridized carbons (Fsp3) is 0.0270. The van der Waals surface area contributed by atoms with Gasteiger partial charge in [0, 0.05) is 51.9 Å². The van der Waals surface area contributed by atoms with Crippen molar-refractivity contribution in [1.29, 1.82) is 0 Å². The van der Waals surface area contributed by atoms with Crippen molar-refractivity contribution in [3.63, 3.8) is 0 Å². The van der Waals surface area contributed by atoms with E-state index in [2.05, 4.69) is 0 Å². The van der Waals surface area contributed by atoms with Gasteiger partial charge in [0.2, 0.25) is 0 Å². The number of rotatable bonds is 3. The highest BCUT2D eigenvalue weighted by Gasteiger charge is 2.25. The molecule has 0 aromatic heterocycles. The number of nitrogens with zero attached hydrogens (tertiary/aromatic N) is 3. The third-order valence-electron chi connectivity index (χ3n) is 7.57. The average Bonchev–Trinajstić information content (AvgIpc) is 3.00. The lowest BCUT2D eigenvalue weighted by Gasteiger charge is -2.33. The molecule has 44 heavy (non-hydrogen) atoms. The number of anilines is 9. The maximum atomic E-state index is 15.6. The normalized spacial score (nSPS) is 12.5. The summed E-state index contributed by atoms with van der Waals surface area (Å²) >= 11 is 0. The Labute approximate surface area is 252 Å². The zero-order valence-corrected chi connectivity index (χ0v) is 23.6. The predicted octanol–water partition coefficient (Wildman–Crippen LogP) is 11.3. The molecule has 0 saturated carbocycles. The summed E-state index contributed by atoms with van der Waals surface area (Å²) in [5, 5.41) is 0. The highest BCUT2D eigenvalue weighted by atomic mass is 19.1. The summed E-state index contributed by atoms with van der Waals surface area (Å²) in [6.45, 7) is 1.89. The van der Waals surface area contributed by atoms with Gasteiger partial charge in [-0.25, -0.2) is 17.6 Å². The van der Waals surface area contributed by atoms with Gasteiger partial charge in [-0.3, -0.25) is 0 Å². The molecule has 0 amide bonds. The summed E-state index contributed by atoms with van der Waals surface area (Å²) in [5.41, 5.74) is 5.92. The molecule has 0 aliphatic carbocycles. The average molecular weight is 588 g/mol. The third kappa shape index (κ3) is 4.92. The highest BCUT2D eigenvalue weighted by molar-refractivity contribution is 5.88. The van der Waals surface area contributed by atoms with E-state index >= 15 is 8.78 Å². The summed E-state index contributed by atoms with van der Waals surface area (Å²) in [4.78, 5) is 5.48. The number of aryl methyl sites for hydroxylation is 1. The first-order valence-corrected chi connectivity index (χ1v) is 14.0. The van der Waals surface area contributed by atoms with E-state index in [4.69, 9.17) is 0 Å².